The summed E-state index contributed by atoms with van der Waals surface area (Å²) in [6.45, 7) is 3.67. The number of aromatic nitrogens is 4. The number of pyridine rings is 1. The van der Waals surface area contributed by atoms with Crippen LogP contribution in [0.1, 0.15) is 17.5 Å². The van der Waals surface area contributed by atoms with E-state index in [1.807, 2.05) is 29.3 Å². The molecule has 8 nitrogen and oxygen atoms in total. The summed E-state index contributed by atoms with van der Waals surface area (Å²) in [5.74, 6) is 1.24. The summed E-state index contributed by atoms with van der Waals surface area (Å²) in [6, 6.07) is 3.72. The van der Waals surface area contributed by atoms with Gasteiger partial charge in [0.25, 0.3) is 0 Å². The minimum atomic E-state index is -0.0608. The fourth-order valence-corrected chi connectivity index (χ4v) is 3.35. The van der Waals surface area contributed by atoms with Gasteiger partial charge >= 0.3 is 0 Å². The zero-order valence-electron chi connectivity index (χ0n) is 13.5. The molecule has 0 aromatic carbocycles. The van der Waals surface area contributed by atoms with E-state index in [9.17, 15) is 4.79 Å². The second-order valence-electron chi connectivity index (χ2n) is 5.93. The first-order valence-electron chi connectivity index (χ1n) is 7.86. The van der Waals surface area contributed by atoms with Gasteiger partial charge in [0.2, 0.25) is 17.6 Å². The first-order chi connectivity index (χ1) is 12.2. The number of aryl methyl sites for hydroxylation is 1. The van der Waals surface area contributed by atoms with Crippen molar-refractivity contribution in [3.05, 3.63) is 41.5 Å². The lowest BCUT2D eigenvalue weighted by molar-refractivity contribution is -0.118. The van der Waals surface area contributed by atoms with Crippen LogP contribution in [0.4, 0.5) is 5.13 Å². The zero-order chi connectivity index (χ0) is 17.2. The molecule has 4 heterocycles. The van der Waals surface area contributed by atoms with E-state index in [1.54, 1.807) is 12.4 Å². The van der Waals surface area contributed by atoms with Crippen LogP contribution < -0.4 is 5.32 Å². The Balaban J connectivity index is 1.29. The van der Waals surface area contributed by atoms with Crippen molar-refractivity contribution in [2.24, 2.45) is 0 Å². The number of hydrogen-bond acceptors (Lipinski definition) is 8. The maximum absolute atomic E-state index is 12.0. The van der Waals surface area contributed by atoms with Crippen molar-refractivity contribution in [3.8, 4) is 11.4 Å². The predicted molar refractivity (Wildman–Crippen MR) is 92.2 cm³/mol. The van der Waals surface area contributed by atoms with Gasteiger partial charge in [-0.2, -0.15) is 4.98 Å². The Morgan fingerprint density at radius 3 is 3.04 bits per heavy atom. The highest BCUT2D eigenvalue weighted by Gasteiger charge is 2.33. The summed E-state index contributed by atoms with van der Waals surface area (Å²) in [7, 11) is 0. The Morgan fingerprint density at radius 2 is 2.32 bits per heavy atom. The number of thiazole rings is 1. The molecule has 1 amide bonds. The molecule has 128 valence electrons. The summed E-state index contributed by atoms with van der Waals surface area (Å²) >= 11 is 1.43. The normalized spacial score (nSPS) is 15.1. The molecule has 0 saturated carbocycles. The third-order valence-corrected chi connectivity index (χ3v) is 4.78. The molecule has 0 atom stereocenters. The largest absolute Gasteiger partial charge is 0.339 e. The molecule has 0 spiro atoms. The van der Waals surface area contributed by atoms with Gasteiger partial charge in [-0.25, -0.2) is 4.98 Å². The summed E-state index contributed by atoms with van der Waals surface area (Å²) < 4.78 is 5.35. The van der Waals surface area contributed by atoms with Crippen LogP contribution in [0.2, 0.25) is 0 Å². The number of likely N-dealkylation sites (tertiary alicyclic amines) is 1. The molecule has 4 rings (SSSR count). The van der Waals surface area contributed by atoms with Gasteiger partial charge in [-0.15, -0.1) is 11.3 Å². The highest BCUT2D eigenvalue weighted by atomic mass is 32.1. The number of hydrogen-bond donors (Lipinski definition) is 1. The van der Waals surface area contributed by atoms with Gasteiger partial charge in [0.05, 0.1) is 18.2 Å². The number of carbonyl (C=O) groups is 1. The molecule has 0 radical (unpaired) electrons. The number of rotatable bonds is 5. The van der Waals surface area contributed by atoms with Gasteiger partial charge in [-0.1, -0.05) is 5.16 Å². The van der Waals surface area contributed by atoms with Crippen molar-refractivity contribution in [1.29, 1.82) is 0 Å². The van der Waals surface area contributed by atoms with E-state index in [1.165, 1.54) is 11.3 Å². The molecule has 0 bridgehead atoms. The monoisotopic (exact) mass is 356 g/mol. The van der Waals surface area contributed by atoms with E-state index in [4.69, 9.17) is 4.52 Å². The second-order valence-corrected chi connectivity index (χ2v) is 6.79. The minimum absolute atomic E-state index is 0.0608. The van der Waals surface area contributed by atoms with Gasteiger partial charge in [0, 0.05) is 36.4 Å². The Kier molecular flexibility index (Phi) is 4.24. The number of carbonyl (C=O) groups excluding carboxylic acids is 1. The van der Waals surface area contributed by atoms with Crippen LogP contribution in [0.25, 0.3) is 11.4 Å². The zero-order valence-corrected chi connectivity index (χ0v) is 14.4. The summed E-state index contributed by atoms with van der Waals surface area (Å²) in [4.78, 5) is 26.8. The number of nitrogens with zero attached hydrogens (tertiary/aromatic N) is 5. The van der Waals surface area contributed by atoms with Gasteiger partial charge in [-0.3, -0.25) is 14.7 Å². The Hall–Kier alpha value is -2.65. The molecule has 1 aliphatic rings. The smallest absolute Gasteiger partial charge is 0.240 e. The lowest BCUT2D eigenvalue weighted by Gasteiger charge is -2.36. The summed E-state index contributed by atoms with van der Waals surface area (Å²) in [5.41, 5.74) is 1.73. The lowest BCUT2D eigenvalue weighted by Crippen LogP contribution is -2.48. The Bertz CT molecular complexity index is 872. The molecule has 1 N–H and O–H groups in total. The van der Waals surface area contributed by atoms with E-state index < -0.39 is 0 Å². The van der Waals surface area contributed by atoms with Crippen molar-refractivity contribution < 1.29 is 9.32 Å². The van der Waals surface area contributed by atoms with Crippen LogP contribution in [0, 0.1) is 6.92 Å². The molecular weight excluding hydrogens is 340 g/mol. The third-order valence-electron chi connectivity index (χ3n) is 3.90. The van der Waals surface area contributed by atoms with Crippen molar-refractivity contribution in [2.45, 2.75) is 12.8 Å². The molecular formula is C16H16N6O2S. The Labute approximate surface area is 147 Å². The van der Waals surface area contributed by atoms with Crippen molar-refractivity contribution in [2.75, 3.05) is 25.0 Å². The summed E-state index contributed by atoms with van der Waals surface area (Å²) in [6.07, 6.45) is 3.40. The van der Waals surface area contributed by atoms with Crippen LogP contribution in [0.15, 0.2) is 34.4 Å². The van der Waals surface area contributed by atoms with Crippen molar-refractivity contribution >= 4 is 22.4 Å². The van der Waals surface area contributed by atoms with Crippen LogP contribution in [-0.2, 0) is 4.79 Å². The van der Waals surface area contributed by atoms with Crippen LogP contribution in [0.3, 0.4) is 0 Å². The molecule has 1 fully saturated rings. The minimum Gasteiger partial charge on any atom is -0.339 e. The van der Waals surface area contributed by atoms with E-state index in [2.05, 4.69) is 25.4 Å². The first-order valence-corrected chi connectivity index (χ1v) is 8.73. The van der Waals surface area contributed by atoms with E-state index in [0.29, 0.717) is 23.4 Å². The number of amides is 1. The maximum atomic E-state index is 12.0. The molecule has 1 aliphatic heterocycles. The highest BCUT2D eigenvalue weighted by molar-refractivity contribution is 7.13. The molecule has 0 unspecified atom stereocenters. The third kappa shape index (κ3) is 3.57. The van der Waals surface area contributed by atoms with Gasteiger partial charge in [-0.05, 0) is 19.1 Å². The SMILES string of the molecule is Cc1csc(NC(=O)CN2CC(c3nc(-c4cccnc4)no3)C2)n1. The lowest BCUT2D eigenvalue weighted by atomic mass is 10.0. The highest BCUT2D eigenvalue weighted by Crippen LogP contribution is 2.27. The molecule has 3 aromatic rings. The molecule has 0 aliphatic carbocycles. The molecule has 1 saturated heterocycles. The standard InChI is InChI=1S/C16H16N6O2S/c1-10-9-25-16(18-10)19-13(23)8-22-6-12(7-22)15-20-14(21-24-15)11-3-2-4-17-5-11/h2-5,9,12H,6-8H2,1H3,(H,18,19,23). The van der Waals surface area contributed by atoms with Gasteiger partial charge < -0.3 is 9.84 Å². The van der Waals surface area contributed by atoms with E-state index >= 15 is 0 Å². The second kappa shape index (κ2) is 6.69. The average molecular weight is 356 g/mol. The Morgan fingerprint density at radius 1 is 1.44 bits per heavy atom. The van der Waals surface area contributed by atoms with Gasteiger partial charge in [0.15, 0.2) is 5.13 Å². The van der Waals surface area contributed by atoms with Crippen molar-refractivity contribution in [3.63, 3.8) is 0 Å². The van der Waals surface area contributed by atoms with E-state index in [-0.39, 0.29) is 11.8 Å². The van der Waals surface area contributed by atoms with Crippen LogP contribution in [-0.4, -0.2) is 50.5 Å². The van der Waals surface area contributed by atoms with Crippen LogP contribution in [0.5, 0.6) is 0 Å². The summed E-state index contributed by atoms with van der Waals surface area (Å²) in [5, 5.41) is 9.36. The predicted octanol–water partition coefficient (Wildman–Crippen LogP) is 1.93. The topological polar surface area (TPSA) is 97.0 Å². The van der Waals surface area contributed by atoms with Crippen LogP contribution >= 0.6 is 11.3 Å². The first kappa shape index (κ1) is 15.9. The number of anilines is 1. The van der Waals surface area contributed by atoms with Crippen molar-refractivity contribution in [1.82, 2.24) is 25.0 Å². The van der Waals surface area contributed by atoms with E-state index in [0.717, 1.165) is 24.3 Å². The number of nitrogens with one attached hydrogen (secondary N) is 1. The molecule has 25 heavy (non-hydrogen) atoms. The maximum Gasteiger partial charge on any atom is 0.240 e. The quantitative estimate of drug-likeness (QED) is 0.746. The fourth-order valence-electron chi connectivity index (χ4n) is 2.64. The average Bonchev–Trinajstić information content (AvgIpc) is 3.21. The molecule has 9 heteroatoms. The molecule has 3 aromatic heterocycles. The fraction of sp³-hybridized carbons (Fsp3) is 0.312. The van der Waals surface area contributed by atoms with Gasteiger partial charge in [0.1, 0.15) is 0 Å².